The summed E-state index contributed by atoms with van der Waals surface area (Å²) in [7, 11) is -4.47. The molecule has 13 heteroatoms. The van der Waals surface area contributed by atoms with Crippen LogP contribution in [-0.4, -0.2) is 45.6 Å². The minimum absolute atomic E-state index is 0.301. The monoisotopic (exact) mass is 424 g/mol. The van der Waals surface area contributed by atoms with Crippen LogP contribution in [0, 0.1) is 0 Å². The van der Waals surface area contributed by atoms with Crippen molar-refractivity contribution in [2.75, 3.05) is 11.8 Å². The SMILES string of the molecule is COc1ncc(-c2ccc3ncc4nncn4c3c2)cc1NS(=O)(=O)C(F)(F)F. The molecule has 4 rings (SSSR count). The topological polar surface area (TPSA) is 111 Å². The molecular weight excluding hydrogens is 413 g/mol. The molecule has 1 aromatic carbocycles. The first kappa shape index (κ1) is 18.9. The van der Waals surface area contributed by atoms with Gasteiger partial charge in [0.05, 0.1) is 24.3 Å². The number of fused-ring (bicyclic) bond motifs is 3. The number of benzene rings is 1. The van der Waals surface area contributed by atoms with Crippen LogP contribution < -0.4 is 9.46 Å². The van der Waals surface area contributed by atoms with Gasteiger partial charge in [0.25, 0.3) is 0 Å². The largest absolute Gasteiger partial charge is 0.516 e. The van der Waals surface area contributed by atoms with Gasteiger partial charge in [-0.25, -0.2) is 4.98 Å². The summed E-state index contributed by atoms with van der Waals surface area (Å²) in [6.45, 7) is 0. The number of pyridine rings is 1. The molecule has 3 heterocycles. The first-order valence-electron chi connectivity index (χ1n) is 7.91. The molecule has 0 atom stereocenters. The van der Waals surface area contributed by atoms with Gasteiger partial charge in [-0.15, -0.1) is 10.2 Å². The molecule has 0 amide bonds. The van der Waals surface area contributed by atoms with Gasteiger partial charge in [0.2, 0.25) is 5.88 Å². The number of anilines is 1. The Morgan fingerprint density at radius 1 is 1.10 bits per heavy atom. The third-order valence-corrected chi connectivity index (χ3v) is 5.15. The lowest BCUT2D eigenvalue weighted by atomic mass is 10.1. The number of hydrogen-bond acceptors (Lipinski definition) is 7. The highest BCUT2D eigenvalue weighted by molar-refractivity contribution is 7.93. The van der Waals surface area contributed by atoms with Crippen molar-refractivity contribution in [1.29, 1.82) is 0 Å². The molecule has 0 spiro atoms. The van der Waals surface area contributed by atoms with Crippen molar-refractivity contribution in [3.63, 3.8) is 0 Å². The van der Waals surface area contributed by atoms with E-state index in [0.29, 0.717) is 27.8 Å². The van der Waals surface area contributed by atoms with Crippen LogP contribution in [0.15, 0.2) is 43.0 Å². The Morgan fingerprint density at radius 2 is 1.90 bits per heavy atom. The minimum Gasteiger partial charge on any atom is -0.480 e. The Kier molecular flexibility index (Phi) is 4.26. The fraction of sp³-hybridized carbons (Fsp3) is 0.125. The first-order chi connectivity index (χ1) is 13.7. The Hall–Kier alpha value is -3.48. The quantitative estimate of drug-likeness (QED) is 0.536. The molecule has 0 radical (unpaired) electrons. The fourth-order valence-electron chi connectivity index (χ4n) is 2.70. The summed E-state index contributed by atoms with van der Waals surface area (Å²) in [6, 6.07) is 6.30. The average Bonchev–Trinajstić information content (AvgIpc) is 3.15. The van der Waals surface area contributed by atoms with Crippen LogP contribution in [0.25, 0.3) is 27.8 Å². The first-order valence-corrected chi connectivity index (χ1v) is 9.40. The summed E-state index contributed by atoms with van der Waals surface area (Å²) in [5.41, 5.74) is -3.20. The lowest BCUT2D eigenvalue weighted by molar-refractivity contribution is -0.0429. The van der Waals surface area contributed by atoms with Gasteiger partial charge in [0.1, 0.15) is 12.0 Å². The maximum absolute atomic E-state index is 12.7. The van der Waals surface area contributed by atoms with Gasteiger partial charge in [0.15, 0.2) is 5.65 Å². The number of aromatic nitrogens is 5. The maximum Gasteiger partial charge on any atom is 0.516 e. The summed E-state index contributed by atoms with van der Waals surface area (Å²) >= 11 is 0. The molecule has 0 aliphatic carbocycles. The molecular formula is C16H11F3N6O3S. The van der Waals surface area contributed by atoms with E-state index >= 15 is 0 Å². The van der Waals surface area contributed by atoms with E-state index in [0.717, 1.165) is 7.11 Å². The zero-order valence-electron chi connectivity index (χ0n) is 14.5. The van der Waals surface area contributed by atoms with E-state index in [1.807, 2.05) is 0 Å². The molecule has 1 N–H and O–H groups in total. The summed E-state index contributed by atoms with van der Waals surface area (Å²) in [5, 5.41) is 7.72. The van der Waals surface area contributed by atoms with E-state index < -0.39 is 21.2 Å². The van der Waals surface area contributed by atoms with E-state index in [9.17, 15) is 21.6 Å². The van der Waals surface area contributed by atoms with Crippen molar-refractivity contribution in [2.45, 2.75) is 5.51 Å². The van der Waals surface area contributed by atoms with Crippen molar-refractivity contribution in [2.24, 2.45) is 0 Å². The molecule has 0 unspecified atom stereocenters. The second kappa shape index (κ2) is 6.55. The molecule has 29 heavy (non-hydrogen) atoms. The van der Waals surface area contributed by atoms with Crippen LogP contribution in [0.4, 0.5) is 18.9 Å². The summed E-state index contributed by atoms with van der Waals surface area (Å²) in [6.07, 6.45) is 4.40. The predicted octanol–water partition coefficient (Wildman–Crippen LogP) is 2.61. The zero-order valence-corrected chi connectivity index (χ0v) is 15.4. The summed E-state index contributed by atoms with van der Waals surface area (Å²) in [5.74, 6) is -0.301. The number of alkyl halides is 3. The third kappa shape index (κ3) is 3.29. The number of sulfonamides is 1. The summed E-state index contributed by atoms with van der Waals surface area (Å²) < 4.78 is 69.2. The standard InChI is InChI=1S/C16H11F3N6O3S/c1-28-15-12(24-29(26,27)16(17,18)19)4-10(6-21-15)9-2-3-11-13(5-9)25-8-22-23-14(25)7-20-11/h2-8,24H,1H3. The molecule has 9 nitrogen and oxygen atoms in total. The van der Waals surface area contributed by atoms with Gasteiger partial charge in [0, 0.05) is 11.8 Å². The predicted molar refractivity (Wildman–Crippen MR) is 96.7 cm³/mol. The highest BCUT2D eigenvalue weighted by Crippen LogP contribution is 2.33. The van der Waals surface area contributed by atoms with Crippen molar-refractivity contribution in [1.82, 2.24) is 24.6 Å². The molecule has 0 aliphatic rings. The van der Waals surface area contributed by atoms with E-state index in [-0.39, 0.29) is 5.88 Å². The van der Waals surface area contributed by atoms with Crippen LogP contribution in [0.2, 0.25) is 0 Å². The molecule has 0 aliphatic heterocycles. The molecule has 0 saturated heterocycles. The smallest absolute Gasteiger partial charge is 0.480 e. The Bertz CT molecular complexity index is 1340. The third-order valence-electron chi connectivity index (χ3n) is 4.06. The zero-order chi connectivity index (χ0) is 20.8. The molecule has 150 valence electrons. The van der Waals surface area contributed by atoms with Gasteiger partial charge in [-0.1, -0.05) is 6.07 Å². The van der Waals surface area contributed by atoms with Crippen molar-refractivity contribution < 1.29 is 26.3 Å². The highest BCUT2D eigenvalue weighted by Gasteiger charge is 2.46. The molecule has 0 fully saturated rings. The van der Waals surface area contributed by atoms with Crippen LogP contribution in [0.1, 0.15) is 0 Å². The number of nitrogens with one attached hydrogen (secondary N) is 1. The number of hydrogen-bond donors (Lipinski definition) is 1. The van der Waals surface area contributed by atoms with Crippen LogP contribution in [-0.2, 0) is 10.0 Å². The van der Waals surface area contributed by atoms with Crippen molar-refractivity contribution >= 4 is 32.4 Å². The Labute approximate surface area is 161 Å². The fourth-order valence-corrected chi connectivity index (χ4v) is 3.25. The number of rotatable bonds is 4. The van der Waals surface area contributed by atoms with E-state index in [2.05, 4.69) is 20.2 Å². The second-order valence-corrected chi connectivity index (χ2v) is 7.53. The van der Waals surface area contributed by atoms with Crippen molar-refractivity contribution in [3.8, 4) is 17.0 Å². The molecule has 0 saturated carbocycles. The Balaban J connectivity index is 1.83. The normalized spacial score (nSPS) is 12.4. The van der Waals surface area contributed by atoms with Gasteiger partial charge in [-0.05, 0) is 23.8 Å². The highest BCUT2D eigenvalue weighted by atomic mass is 32.2. The maximum atomic E-state index is 12.7. The molecule has 0 bridgehead atoms. The van der Waals surface area contributed by atoms with E-state index in [4.69, 9.17) is 4.74 Å². The molecule has 4 aromatic rings. The van der Waals surface area contributed by atoms with Crippen LogP contribution in [0.5, 0.6) is 5.88 Å². The molecule has 3 aromatic heterocycles. The average molecular weight is 424 g/mol. The van der Waals surface area contributed by atoms with E-state index in [1.165, 1.54) is 23.3 Å². The van der Waals surface area contributed by atoms with E-state index in [1.54, 1.807) is 28.8 Å². The van der Waals surface area contributed by atoms with Crippen LogP contribution >= 0.6 is 0 Å². The lowest BCUT2D eigenvalue weighted by Crippen LogP contribution is -2.30. The number of halogens is 3. The van der Waals surface area contributed by atoms with Gasteiger partial charge < -0.3 is 4.74 Å². The number of ether oxygens (including phenoxy) is 1. The minimum atomic E-state index is -5.64. The van der Waals surface area contributed by atoms with Gasteiger partial charge in [-0.3, -0.25) is 14.1 Å². The second-order valence-electron chi connectivity index (χ2n) is 5.85. The number of nitrogens with zero attached hydrogens (tertiary/aromatic N) is 5. The Morgan fingerprint density at radius 3 is 2.62 bits per heavy atom. The van der Waals surface area contributed by atoms with Crippen LogP contribution in [0.3, 0.4) is 0 Å². The van der Waals surface area contributed by atoms with Gasteiger partial charge in [-0.2, -0.15) is 21.6 Å². The summed E-state index contributed by atoms with van der Waals surface area (Å²) in [4.78, 5) is 8.17. The van der Waals surface area contributed by atoms with Crippen molar-refractivity contribution in [3.05, 3.63) is 43.0 Å². The number of methoxy groups -OCH3 is 1. The van der Waals surface area contributed by atoms with Gasteiger partial charge >= 0.3 is 15.5 Å². The lowest BCUT2D eigenvalue weighted by Gasteiger charge is -2.14.